The lowest BCUT2D eigenvalue weighted by molar-refractivity contribution is -0.115. The number of aromatic nitrogens is 3. The number of hydrogen-bond acceptors (Lipinski definition) is 8. The lowest BCUT2D eigenvalue weighted by Gasteiger charge is -2.11. The predicted molar refractivity (Wildman–Crippen MR) is 128 cm³/mol. The van der Waals surface area contributed by atoms with Crippen molar-refractivity contribution < 1.29 is 14.3 Å². The Balaban J connectivity index is 1.66. The maximum atomic E-state index is 12.7. The molecule has 9 heteroatoms. The lowest BCUT2D eigenvalue weighted by atomic mass is 10.1. The predicted octanol–water partition coefficient (Wildman–Crippen LogP) is 5.15. The highest BCUT2D eigenvalue weighted by molar-refractivity contribution is 8.00. The maximum absolute atomic E-state index is 12.7. The molecule has 0 aliphatic heterocycles. The largest absolute Gasteiger partial charge is 0.461 e. The van der Waals surface area contributed by atoms with Crippen molar-refractivity contribution in [3.63, 3.8) is 0 Å². The van der Waals surface area contributed by atoms with Gasteiger partial charge in [-0.1, -0.05) is 67.3 Å². The maximum Gasteiger partial charge on any atom is 0.350 e. The number of benzene rings is 1. The van der Waals surface area contributed by atoms with Crippen molar-refractivity contribution in [2.75, 3.05) is 11.9 Å². The third-order valence-corrected chi connectivity index (χ3v) is 6.38. The van der Waals surface area contributed by atoms with Crippen molar-refractivity contribution in [1.82, 2.24) is 15.0 Å². The molecule has 1 atom stereocenters. The first kappa shape index (κ1) is 23.9. The van der Waals surface area contributed by atoms with Gasteiger partial charge in [-0.15, -0.1) is 0 Å². The van der Waals surface area contributed by atoms with E-state index in [4.69, 9.17) is 4.74 Å². The minimum Gasteiger partial charge on any atom is -0.461 e. The highest BCUT2D eigenvalue weighted by Crippen LogP contribution is 2.28. The molecular formula is C23H26N4O3S2. The first-order chi connectivity index (χ1) is 15.2. The summed E-state index contributed by atoms with van der Waals surface area (Å²) in [7, 11) is 0. The second-order valence-electron chi connectivity index (χ2n) is 7.68. The van der Waals surface area contributed by atoms with E-state index >= 15 is 0 Å². The molecule has 1 amide bonds. The molecule has 1 aromatic carbocycles. The Bertz CT molecular complexity index is 1100. The fraction of sp³-hybridized carbons (Fsp3) is 0.348. The van der Waals surface area contributed by atoms with Crippen LogP contribution in [0.4, 0.5) is 5.13 Å². The van der Waals surface area contributed by atoms with Crippen molar-refractivity contribution in [1.29, 1.82) is 0 Å². The molecule has 0 bridgehead atoms. The molecule has 0 fully saturated rings. The van der Waals surface area contributed by atoms with Crippen molar-refractivity contribution in [2.24, 2.45) is 5.92 Å². The number of amides is 1. The van der Waals surface area contributed by atoms with Gasteiger partial charge in [0.2, 0.25) is 5.91 Å². The van der Waals surface area contributed by atoms with Gasteiger partial charge in [-0.25, -0.2) is 19.7 Å². The molecule has 2 heterocycles. The van der Waals surface area contributed by atoms with E-state index in [2.05, 4.69) is 20.3 Å². The summed E-state index contributed by atoms with van der Waals surface area (Å²) in [5.41, 5.74) is 2.35. The molecule has 1 N–H and O–H groups in total. The average Bonchev–Trinajstić information content (AvgIpc) is 3.12. The number of carbonyl (C=O) groups is 2. The fourth-order valence-corrected chi connectivity index (χ4v) is 4.50. The smallest absolute Gasteiger partial charge is 0.350 e. The molecule has 0 saturated carbocycles. The summed E-state index contributed by atoms with van der Waals surface area (Å²) in [4.78, 5) is 38.7. The van der Waals surface area contributed by atoms with Gasteiger partial charge in [0.25, 0.3) is 0 Å². The number of hydrogen-bond donors (Lipinski definition) is 1. The van der Waals surface area contributed by atoms with Crippen LogP contribution in [-0.2, 0) is 9.53 Å². The molecule has 3 aromatic rings. The van der Waals surface area contributed by atoms with E-state index in [9.17, 15) is 9.59 Å². The minimum absolute atomic E-state index is 0.219. The summed E-state index contributed by atoms with van der Waals surface area (Å²) >= 11 is 2.47. The molecule has 7 nitrogen and oxygen atoms in total. The Morgan fingerprint density at radius 3 is 2.50 bits per heavy atom. The number of rotatable bonds is 8. The van der Waals surface area contributed by atoms with Gasteiger partial charge < -0.3 is 10.1 Å². The van der Waals surface area contributed by atoms with Crippen molar-refractivity contribution in [2.45, 2.75) is 44.9 Å². The van der Waals surface area contributed by atoms with E-state index in [1.54, 1.807) is 13.8 Å². The highest BCUT2D eigenvalue weighted by atomic mass is 32.2. The normalized spacial score (nSPS) is 11.9. The van der Waals surface area contributed by atoms with E-state index in [1.165, 1.54) is 11.8 Å². The standard InChI is InChI=1S/C23H26N4O3S2/c1-13(2)12-30-22(29)20-14(3)24-23(32-20)27-21(28)15(4)31-19-11-18(25-16(5)26-19)17-9-7-6-8-10-17/h6-11,13,15H,12H2,1-5H3,(H,24,27,28). The first-order valence-electron chi connectivity index (χ1n) is 10.3. The average molecular weight is 471 g/mol. The summed E-state index contributed by atoms with van der Waals surface area (Å²) in [6.45, 7) is 9.65. The van der Waals surface area contributed by atoms with Crippen LogP contribution in [0.25, 0.3) is 11.3 Å². The summed E-state index contributed by atoms with van der Waals surface area (Å²) in [5.74, 6) is 0.253. The quantitative estimate of drug-likeness (QED) is 0.276. The van der Waals surface area contributed by atoms with Gasteiger partial charge in [-0.3, -0.25) is 4.79 Å². The second kappa shape index (κ2) is 10.7. The fourth-order valence-electron chi connectivity index (χ4n) is 2.75. The number of aryl methyl sites for hydroxylation is 2. The zero-order chi connectivity index (χ0) is 23.3. The van der Waals surface area contributed by atoms with Gasteiger partial charge in [0.15, 0.2) is 5.13 Å². The van der Waals surface area contributed by atoms with Crippen molar-refractivity contribution in [3.05, 3.63) is 52.8 Å². The zero-order valence-electron chi connectivity index (χ0n) is 18.7. The van der Waals surface area contributed by atoms with Crippen LogP contribution in [0.3, 0.4) is 0 Å². The van der Waals surface area contributed by atoms with Crippen molar-refractivity contribution in [3.8, 4) is 11.3 Å². The molecule has 0 spiro atoms. The minimum atomic E-state index is -0.423. The molecule has 2 aromatic heterocycles. The Morgan fingerprint density at radius 1 is 1.09 bits per heavy atom. The van der Waals surface area contributed by atoms with Gasteiger partial charge in [-0.2, -0.15) is 0 Å². The molecule has 1 unspecified atom stereocenters. The monoisotopic (exact) mass is 470 g/mol. The van der Waals surface area contributed by atoms with E-state index in [0.717, 1.165) is 22.6 Å². The highest BCUT2D eigenvalue weighted by Gasteiger charge is 2.21. The third kappa shape index (κ3) is 6.37. The van der Waals surface area contributed by atoms with Gasteiger partial charge in [0, 0.05) is 5.56 Å². The van der Waals surface area contributed by atoms with Crippen LogP contribution in [0.5, 0.6) is 0 Å². The summed E-state index contributed by atoms with van der Waals surface area (Å²) in [6, 6.07) is 11.7. The SMILES string of the molecule is Cc1nc(SC(C)C(=O)Nc2nc(C)c(C(=O)OCC(C)C)s2)cc(-c2ccccc2)n1. The molecule has 0 radical (unpaired) electrons. The number of thioether (sulfide) groups is 1. The molecule has 0 saturated heterocycles. The number of thiazole rings is 1. The number of ether oxygens (including phenoxy) is 1. The first-order valence-corrected chi connectivity index (χ1v) is 12.0. The van der Waals surface area contributed by atoms with Gasteiger partial charge in [0.05, 0.1) is 23.2 Å². The number of nitrogens with one attached hydrogen (secondary N) is 1. The van der Waals surface area contributed by atoms with Gasteiger partial charge in [-0.05, 0) is 32.8 Å². The lowest BCUT2D eigenvalue weighted by Crippen LogP contribution is -2.22. The summed E-state index contributed by atoms with van der Waals surface area (Å²) in [6.07, 6.45) is 0. The molecule has 32 heavy (non-hydrogen) atoms. The number of anilines is 1. The Labute approximate surface area is 196 Å². The molecule has 0 aliphatic carbocycles. The topological polar surface area (TPSA) is 94.1 Å². The van der Waals surface area contributed by atoms with Crippen LogP contribution in [0.1, 0.15) is 42.0 Å². The zero-order valence-corrected chi connectivity index (χ0v) is 20.3. The van der Waals surface area contributed by atoms with Crippen LogP contribution in [0.2, 0.25) is 0 Å². The van der Waals surface area contributed by atoms with Crippen LogP contribution < -0.4 is 5.32 Å². The Kier molecular flexibility index (Phi) is 7.98. The second-order valence-corrected chi connectivity index (χ2v) is 10.0. The van der Waals surface area contributed by atoms with E-state index < -0.39 is 11.2 Å². The van der Waals surface area contributed by atoms with Crippen LogP contribution in [0, 0.1) is 19.8 Å². The molecule has 3 rings (SSSR count). The van der Waals surface area contributed by atoms with E-state index in [1.807, 2.05) is 57.2 Å². The van der Waals surface area contributed by atoms with Crippen LogP contribution in [0.15, 0.2) is 41.4 Å². The summed E-state index contributed by atoms with van der Waals surface area (Å²) < 4.78 is 5.27. The molecule has 0 aliphatic rings. The number of carbonyl (C=O) groups excluding carboxylic acids is 2. The Hall–Kier alpha value is -2.78. The van der Waals surface area contributed by atoms with Gasteiger partial charge in [0.1, 0.15) is 15.7 Å². The van der Waals surface area contributed by atoms with Gasteiger partial charge >= 0.3 is 5.97 Å². The van der Waals surface area contributed by atoms with Crippen LogP contribution in [-0.4, -0.2) is 38.7 Å². The summed E-state index contributed by atoms with van der Waals surface area (Å²) in [5, 5.41) is 3.47. The Morgan fingerprint density at radius 2 is 1.81 bits per heavy atom. The van der Waals surface area contributed by atoms with E-state index in [-0.39, 0.29) is 11.8 Å². The number of esters is 1. The third-order valence-electron chi connectivity index (χ3n) is 4.31. The molecular weight excluding hydrogens is 444 g/mol. The van der Waals surface area contributed by atoms with Crippen LogP contribution >= 0.6 is 23.1 Å². The molecule has 168 valence electrons. The number of nitrogens with zero attached hydrogens (tertiary/aromatic N) is 3. The van der Waals surface area contributed by atoms with E-state index in [0.29, 0.717) is 33.2 Å². The van der Waals surface area contributed by atoms with Crippen molar-refractivity contribution >= 4 is 40.1 Å².